The van der Waals surface area contributed by atoms with Gasteiger partial charge >= 0.3 is 0 Å². The van der Waals surface area contributed by atoms with E-state index >= 15 is 0 Å². The zero-order valence-corrected chi connectivity index (χ0v) is 10.6. The molecule has 3 rings (SSSR count). The van der Waals surface area contributed by atoms with Crippen molar-refractivity contribution in [2.24, 2.45) is 7.05 Å². The molecule has 0 bridgehead atoms. The van der Waals surface area contributed by atoms with Gasteiger partial charge in [0.1, 0.15) is 12.1 Å². The number of aryl methyl sites for hydroxylation is 3. The van der Waals surface area contributed by atoms with Crippen molar-refractivity contribution in [3.8, 4) is 0 Å². The van der Waals surface area contributed by atoms with Gasteiger partial charge in [-0.1, -0.05) is 6.07 Å². The second-order valence-corrected chi connectivity index (χ2v) is 4.67. The lowest BCUT2D eigenvalue weighted by atomic mass is 10.2. The molecule has 0 aliphatic heterocycles. The van der Waals surface area contributed by atoms with Crippen LogP contribution in [0.1, 0.15) is 23.5 Å². The monoisotopic (exact) mass is 243 g/mol. The Balaban J connectivity index is 1.57. The summed E-state index contributed by atoms with van der Waals surface area (Å²) in [6.45, 7) is 0.815. The maximum Gasteiger partial charge on any atom is 0.152 e. The molecular weight excluding hydrogens is 226 g/mol. The normalized spacial score (nSPS) is 13.6. The molecule has 5 heteroatoms. The largest absolute Gasteiger partial charge is 0.370 e. The second kappa shape index (κ2) is 4.76. The standard InChI is InChI=1S/C13H17N5/c1-18-9-15-13(17-18)7-8-14-12-6-5-10-3-2-4-11(10)16-12/h5-6,9H,2-4,7-8H2,1H3,(H,14,16). The Morgan fingerprint density at radius 3 is 3.11 bits per heavy atom. The molecule has 2 aromatic heterocycles. The van der Waals surface area contributed by atoms with Crippen molar-refractivity contribution >= 4 is 5.82 Å². The van der Waals surface area contributed by atoms with Crippen LogP contribution in [0.5, 0.6) is 0 Å². The number of nitrogens with zero attached hydrogens (tertiary/aromatic N) is 4. The van der Waals surface area contributed by atoms with Crippen LogP contribution in [0.4, 0.5) is 5.82 Å². The molecule has 0 unspecified atom stereocenters. The summed E-state index contributed by atoms with van der Waals surface area (Å²) in [7, 11) is 1.88. The van der Waals surface area contributed by atoms with E-state index in [0.29, 0.717) is 0 Å². The summed E-state index contributed by atoms with van der Waals surface area (Å²) in [5.74, 6) is 1.83. The van der Waals surface area contributed by atoms with Gasteiger partial charge in [0, 0.05) is 25.7 Å². The molecule has 1 aliphatic carbocycles. The van der Waals surface area contributed by atoms with E-state index in [-0.39, 0.29) is 0 Å². The zero-order chi connectivity index (χ0) is 12.4. The van der Waals surface area contributed by atoms with E-state index in [1.807, 2.05) is 7.05 Å². The Bertz CT molecular complexity index is 546. The smallest absolute Gasteiger partial charge is 0.152 e. The maximum absolute atomic E-state index is 4.63. The maximum atomic E-state index is 4.63. The van der Waals surface area contributed by atoms with Crippen molar-refractivity contribution in [2.45, 2.75) is 25.7 Å². The van der Waals surface area contributed by atoms with Gasteiger partial charge in [-0.2, -0.15) is 5.10 Å². The van der Waals surface area contributed by atoms with E-state index in [2.05, 4.69) is 32.5 Å². The fraction of sp³-hybridized carbons (Fsp3) is 0.462. The molecule has 18 heavy (non-hydrogen) atoms. The lowest BCUT2D eigenvalue weighted by molar-refractivity contribution is 0.741. The Hall–Kier alpha value is -1.91. The fourth-order valence-electron chi connectivity index (χ4n) is 2.32. The quantitative estimate of drug-likeness (QED) is 0.880. The van der Waals surface area contributed by atoms with Crippen LogP contribution >= 0.6 is 0 Å². The summed E-state index contributed by atoms with van der Waals surface area (Å²) in [6, 6.07) is 4.26. The molecule has 0 atom stereocenters. The van der Waals surface area contributed by atoms with Crippen LogP contribution in [-0.4, -0.2) is 26.3 Å². The third-order valence-electron chi connectivity index (χ3n) is 3.23. The summed E-state index contributed by atoms with van der Waals surface area (Å²) in [5, 5.41) is 7.58. The molecule has 0 spiro atoms. The summed E-state index contributed by atoms with van der Waals surface area (Å²) >= 11 is 0. The van der Waals surface area contributed by atoms with Crippen molar-refractivity contribution in [2.75, 3.05) is 11.9 Å². The van der Waals surface area contributed by atoms with Gasteiger partial charge in [-0.05, 0) is 30.9 Å². The highest BCUT2D eigenvalue weighted by molar-refractivity contribution is 5.40. The summed E-state index contributed by atoms with van der Waals surface area (Å²) in [4.78, 5) is 8.83. The first-order valence-corrected chi connectivity index (χ1v) is 6.38. The van der Waals surface area contributed by atoms with Gasteiger partial charge in [-0.3, -0.25) is 4.68 Å². The van der Waals surface area contributed by atoms with Gasteiger partial charge in [-0.25, -0.2) is 9.97 Å². The molecule has 0 saturated heterocycles. The van der Waals surface area contributed by atoms with E-state index in [9.17, 15) is 0 Å². The van der Waals surface area contributed by atoms with Crippen LogP contribution in [-0.2, 0) is 26.3 Å². The average Bonchev–Trinajstić information content (AvgIpc) is 2.97. The molecule has 2 heterocycles. The van der Waals surface area contributed by atoms with Crippen LogP contribution in [0, 0.1) is 0 Å². The van der Waals surface area contributed by atoms with Crippen molar-refractivity contribution in [1.29, 1.82) is 0 Å². The van der Waals surface area contributed by atoms with E-state index in [1.54, 1.807) is 11.0 Å². The number of anilines is 1. The Kier molecular flexibility index (Phi) is 2.96. The first-order valence-electron chi connectivity index (χ1n) is 6.38. The topological polar surface area (TPSA) is 55.6 Å². The average molecular weight is 243 g/mol. The van der Waals surface area contributed by atoms with E-state index in [4.69, 9.17) is 0 Å². The highest BCUT2D eigenvalue weighted by Gasteiger charge is 2.12. The number of rotatable bonds is 4. The predicted octanol–water partition coefficient (Wildman–Crippen LogP) is 1.35. The first kappa shape index (κ1) is 11.2. The van der Waals surface area contributed by atoms with Crippen molar-refractivity contribution in [3.63, 3.8) is 0 Å². The van der Waals surface area contributed by atoms with Crippen molar-refractivity contribution in [1.82, 2.24) is 19.7 Å². The Morgan fingerprint density at radius 2 is 2.28 bits per heavy atom. The molecule has 0 radical (unpaired) electrons. The number of aromatic nitrogens is 4. The molecular formula is C13H17N5. The van der Waals surface area contributed by atoms with E-state index in [0.717, 1.165) is 31.0 Å². The Labute approximate surface area is 106 Å². The van der Waals surface area contributed by atoms with Crippen LogP contribution in [0.15, 0.2) is 18.5 Å². The lowest BCUT2D eigenvalue weighted by Gasteiger charge is -2.06. The molecule has 5 nitrogen and oxygen atoms in total. The molecule has 1 N–H and O–H groups in total. The van der Waals surface area contributed by atoms with E-state index in [1.165, 1.54) is 24.1 Å². The minimum atomic E-state index is 0.815. The number of hydrogen-bond donors (Lipinski definition) is 1. The van der Waals surface area contributed by atoms with Crippen LogP contribution in [0.3, 0.4) is 0 Å². The SMILES string of the molecule is Cn1cnc(CCNc2ccc3c(n2)CCC3)n1. The second-order valence-electron chi connectivity index (χ2n) is 4.67. The zero-order valence-electron chi connectivity index (χ0n) is 10.6. The summed E-state index contributed by atoms with van der Waals surface area (Å²) in [5.41, 5.74) is 2.67. The first-order chi connectivity index (χ1) is 8.81. The molecule has 94 valence electrons. The van der Waals surface area contributed by atoms with Gasteiger partial charge in [0.25, 0.3) is 0 Å². The Morgan fingerprint density at radius 1 is 1.33 bits per heavy atom. The van der Waals surface area contributed by atoms with Gasteiger partial charge in [0.05, 0.1) is 0 Å². The minimum absolute atomic E-state index is 0.815. The van der Waals surface area contributed by atoms with Gasteiger partial charge < -0.3 is 5.32 Å². The van der Waals surface area contributed by atoms with Gasteiger partial charge in [0.15, 0.2) is 5.82 Å². The number of pyridine rings is 1. The molecule has 0 fully saturated rings. The number of fused-ring (bicyclic) bond motifs is 1. The fourth-order valence-corrected chi connectivity index (χ4v) is 2.32. The number of nitrogens with one attached hydrogen (secondary N) is 1. The molecule has 0 saturated carbocycles. The molecule has 0 aromatic carbocycles. The molecule has 1 aliphatic rings. The van der Waals surface area contributed by atoms with Crippen molar-refractivity contribution < 1.29 is 0 Å². The van der Waals surface area contributed by atoms with Gasteiger partial charge in [-0.15, -0.1) is 0 Å². The van der Waals surface area contributed by atoms with Crippen LogP contribution < -0.4 is 5.32 Å². The third kappa shape index (κ3) is 2.34. The summed E-state index contributed by atoms with van der Waals surface area (Å²) in [6.07, 6.45) is 6.08. The molecule has 0 amide bonds. The highest BCUT2D eigenvalue weighted by atomic mass is 15.3. The van der Waals surface area contributed by atoms with Crippen LogP contribution in [0.25, 0.3) is 0 Å². The number of hydrogen-bond acceptors (Lipinski definition) is 4. The molecule has 2 aromatic rings. The third-order valence-corrected chi connectivity index (χ3v) is 3.23. The van der Waals surface area contributed by atoms with Crippen molar-refractivity contribution in [3.05, 3.63) is 35.5 Å². The summed E-state index contributed by atoms with van der Waals surface area (Å²) < 4.78 is 1.73. The van der Waals surface area contributed by atoms with Gasteiger partial charge in [0.2, 0.25) is 0 Å². The minimum Gasteiger partial charge on any atom is -0.370 e. The predicted molar refractivity (Wildman–Crippen MR) is 69.5 cm³/mol. The van der Waals surface area contributed by atoms with E-state index < -0.39 is 0 Å². The lowest BCUT2D eigenvalue weighted by Crippen LogP contribution is -2.08. The highest BCUT2D eigenvalue weighted by Crippen LogP contribution is 2.21. The van der Waals surface area contributed by atoms with Crippen LogP contribution in [0.2, 0.25) is 0 Å².